The highest BCUT2D eigenvalue weighted by atomic mass is 16.5. The summed E-state index contributed by atoms with van der Waals surface area (Å²) in [6, 6.07) is 11.5. The van der Waals surface area contributed by atoms with Gasteiger partial charge < -0.3 is 15.4 Å². The Morgan fingerprint density at radius 3 is 2.50 bits per heavy atom. The van der Waals surface area contributed by atoms with E-state index in [1.165, 1.54) is 19.2 Å². The van der Waals surface area contributed by atoms with Gasteiger partial charge in [0.2, 0.25) is 0 Å². The first-order valence-corrected chi connectivity index (χ1v) is 7.49. The van der Waals surface area contributed by atoms with Gasteiger partial charge in [-0.15, -0.1) is 0 Å². The monoisotopic (exact) mass is 324 g/mol. The molecule has 24 heavy (non-hydrogen) atoms. The largest absolute Gasteiger partial charge is 0.465 e. The molecule has 1 heterocycles. The number of ether oxygens (including phenoxy) is 1. The quantitative estimate of drug-likeness (QED) is 0.846. The van der Waals surface area contributed by atoms with E-state index >= 15 is 0 Å². The molecular formula is C18H16N2O4. The van der Waals surface area contributed by atoms with Crippen molar-refractivity contribution in [3.63, 3.8) is 0 Å². The number of benzene rings is 2. The van der Waals surface area contributed by atoms with Crippen LogP contribution in [0.2, 0.25) is 0 Å². The van der Waals surface area contributed by atoms with Crippen molar-refractivity contribution in [3.8, 4) is 0 Å². The number of hydrogen-bond donors (Lipinski definition) is 2. The lowest BCUT2D eigenvalue weighted by atomic mass is 9.99. The van der Waals surface area contributed by atoms with Crippen LogP contribution in [0.25, 0.3) is 0 Å². The molecule has 0 unspecified atom stereocenters. The molecule has 2 amide bonds. The Bertz CT molecular complexity index is 812. The van der Waals surface area contributed by atoms with Crippen LogP contribution in [0.1, 0.15) is 36.6 Å². The second-order valence-electron chi connectivity index (χ2n) is 5.40. The topological polar surface area (TPSA) is 84.5 Å². The predicted octanol–water partition coefficient (Wildman–Crippen LogP) is 2.01. The number of amides is 2. The average molecular weight is 324 g/mol. The van der Waals surface area contributed by atoms with E-state index in [4.69, 9.17) is 0 Å². The zero-order chi connectivity index (χ0) is 17.1. The van der Waals surface area contributed by atoms with Gasteiger partial charge in [0.05, 0.1) is 12.7 Å². The van der Waals surface area contributed by atoms with Crippen LogP contribution >= 0.6 is 0 Å². The maximum atomic E-state index is 12.3. The maximum absolute atomic E-state index is 12.3. The fourth-order valence-corrected chi connectivity index (χ4v) is 2.57. The van der Waals surface area contributed by atoms with Crippen molar-refractivity contribution in [1.29, 1.82) is 0 Å². The van der Waals surface area contributed by atoms with Crippen molar-refractivity contribution < 1.29 is 19.1 Å². The summed E-state index contributed by atoms with van der Waals surface area (Å²) in [5.41, 5.74) is 2.89. The van der Waals surface area contributed by atoms with Crippen molar-refractivity contribution in [1.82, 2.24) is 5.32 Å². The molecule has 0 saturated heterocycles. The summed E-state index contributed by atoms with van der Waals surface area (Å²) in [6.07, 6.45) is 0.782. The molecule has 0 atom stereocenters. The van der Waals surface area contributed by atoms with E-state index < -0.39 is 5.97 Å². The van der Waals surface area contributed by atoms with Gasteiger partial charge in [0.1, 0.15) is 0 Å². The molecule has 6 nitrogen and oxygen atoms in total. The smallest absolute Gasteiger partial charge is 0.337 e. The number of anilines is 1. The highest BCUT2D eigenvalue weighted by molar-refractivity contribution is 6.06. The molecule has 0 aromatic heterocycles. The molecular weight excluding hydrogens is 308 g/mol. The molecule has 2 aromatic carbocycles. The van der Waals surface area contributed by atoms with Gasteiger partial charge >= 0.3 is 5.97 Å². The van der Waals surface area contributed by atoms with E-state index in [2.05, 4.69) is 15.4 Å². The summed E-state index contributed by atoms with van der Waals surface area (Å²) >= 11 is 0. The summed E-state index contributed by atoms with van der Waals surface area (Å²) in [5.74, 6) is -0.903. The number of carbonyl (C=O) groups excluding carboxylic acids is 3. The molecule has 0 aliphatic carbocycles. The van der Waals surface area contributed by atoms with Gasteiger partial charge in [0.15, 0.2) is 0 Å². The number of hydrogen-bond acceptors (Lipinski definition) is 4. The Morgan fingerprint density at radius 2 is 1.79 bits per heavy atom. The minimum atomic E-state index is -0.456. The molecule has 1 aliphatic rings. The van der Waals surface area contributed by atoms with Gasteiger partial charge in [-0.1, -0.05) is 6.07 Å². The van der Waals surface area contributed by atoms with Crippen LogP contribution in [-0.2, 0) is 11.2 Å². The van der Waals surface area contributed by atoms with Crippen molar-refractivity contribution in [3.05, 3.63) is 64.7 Å². The van der Waals surface area contributed by atoms with E-state index in [9.17, 15) is 14.4 Å². The molecule has 3 rings (SSSR count). The van der Waals surface area contributed by atoms with Crippen LogP contribution in [-0.4, -0.2) is 31.4 Å². The van der Waals surface area contributed by atoms with Crippen LogP contribution < -0.4 is 10.6 Å². The molecule has 0 saturated carbocycles. The number of rotatable bonds is 3. The van der Waals surface area contributed by atoms with Gasteiger partial charge in [-0.05, 0) is 48.4 Å². The van der Waals surface area contributed by atoms with Crippen molar-refractivity contribution in [2.45, 2.75) is 6.42 Å². The van der Waals surface area contributed by atoms with E-state index in [0.717, 1.165) is 12.0 Å². The second-order valence-corrected chi connectivity index (χ2v) is 5.40. The highest BCUT2D eigenvalue weighted by Crippen LogP contribution is 2.19. The summed E-state index contributed by atoms with van der Waals surface area (Å²) < 4.78 is 4.62. The zero-order valence-electron chi connectivity index (χ0n) is 13.1. The Balaban J connectivity index is 1.76. The highest BCUT2D eigenvalue weighted by Gasteiger charge is 2.17. The van der Waals surface area contributed by atoms with Crippen LogP contribution in [0.5, 0.6) is 0 Å². The Hall–Kier alpha value is -3.15. The summed E-state index contributed by atoms with van der Waals surface area (Å²) in [4.78, 5) is 35.5. The van der Waals surface area contributed by atoms with Crippen LogP contribution in [0, 0.1) is 0 Å². The maximum Gasteiger partial charge on any atom is 0.337 e. The average Bonchev–Trinajstić information content (AvgIpc) is 2.62. The lowest BCUT2D eigenvalue weighted by Gasteiger charge is -2.17. The Morgan fingerprint density at radius 1 is 1.08 bits per heavy atom. The molecule has 2 aromatic rings. The van der Waals surface area contributed by atoms with Crippen molar-refractivity contribution in [2.24, 2.45) is 0 Å². The van der Waals surface area contributed by atoms with E-state index in [0.29, 0.717) is 28.9 Å². The van der Waals surface area contributed by atoms with E-state index in [1.54, 1.807) is 24.3 Å². The molecule has 0 fully saturated rings. The Kier molecular flexibility index (Phi) is 4.29. The number of nitrogens with one attached hydrogen (secondary N) is 2. The minimum Gasteiger partial charge on any atom is -0.465 e. The number of carbonyl (C=O) groups is 3. The number of methoxy groups -OCH3 is 1. The zero-order valence-corrected chi connectivity index (χ0v) is 13.1. The molecule has 0 bridgehead atoms. The first kappa shape index (κ1) is 15.7. The molecule has 1 aliphatic heterocycles. The summed E-state index contributed by atoms with van der Waals surface area (Å²) in [5, 5.41) is 5.53. The Labute approximate surface area is 138 Å². The summed E-state index contributed by atoms with van der Waals surface area (Å²) in [6.45, 7) is 0.629. The second kappa shape index (κ2) is 6.54. The minimum absolute atomic E-state index is 0.130. The standard InChI is InChI=1S/C18H16N2O4/c1-24-18(23)13-4-2-12(3-5-13)16(21)20-14-7-6-11-8-9-19-17(22)15(11)10-14/h2-7,10H,8-9H2,1H3,(H,19,22)(H,20,21). The number of fused-ring (bicyclic) bond motifs is 1. The fourth-order valence-electron chi connectivity index (χ4n) is 2.57. The lowest BCUT2D eigenvalue weighted by molar-refractivity contribution is 0.0600. The van der Waals surface area contributed by atoms with Crippen molar-refractivity contribution >= 4 is 23.5 Å². The van der Waals surface area contributed by atoms with Crippen LogP contribution in [0.15, 0.2) is 42.5 Å². The molecule has 6 heteroatoms. The van der Waals surface area contributed by atoms with Gasteiger partial charge in [0, 0.05) is 23.4 Å². The van der Waals surface area contributed by atoms with Gasteiger partial charge in [-0.2, -0.15) is 0 Å². The predicted molar refractivity (Wildman–Crippen MR) is 88.2 cm³/mol. The third-order valence-corrected chi connectivity index (χ3v) is 3.86. The molecule has 0 radical (unpaired) electrons. The van der Waals surface area contributed by atoms with E-state index in [1.807, 2.05) is 6.07 Å². The molecule has 2 N–H and O–H groups in total. The SMILES string of the molecule is COC(=O)c1ccc(C(=O)Nc2ccc3c(c2)C(=O)NCC3)cc1. The molecule has 122 valence electrons. The van der Waals surface area contributed by atoms with Crippen LogP contribution in [0.4, 0.5) is 5.69 Å². The first-order chi connectivity index (χ1) is 11.6. The third-order valence-electron chi connectivity index (χ3n) is 3.86. The third kappa shape index (κ3) is 3.12. The normalized spacial score (nSPS) is 12.8. The van der Waals surface area contributed by atoms with Crippen LogP contribution in [0.3, 0.4) is 0 Å². The van der Waals surface area contributed by atoms with Crippen molar-refractivity contribution in [2.75, 3.05) is 19.0 Å². The lowest BCUT2D eigenvalue weighted by Crippen LogP contribution is -2.31. The molecule has 0 spiro atoms. The van der Waals surface area contributed by atoms with Gasteiger partial charge in [0.25, 0.3) is 11.8 Å². The van der Waals surface area contributed by atoms with Gasteiger partial charge in [-0.3, -0.25) is 9.59 Å². The first-order valence-electron chi connectivity index (χ1n) is 7.49. The van der Waals surface area contributed by atoms with Gasteiger partial charge in [-0.25, -0.2) is 4.79 Å². The fraction of sp³-hybridized carbons (Fsp3) is 0.167. The van der Waals surface area contributed by atoms with E-state index in [-0.39, 0.29) is 11.8 Å². The number of esters is 1. The summed E-state index contributed by atoms with van der Waals surface area (Å²) in [7, 11) is 1.30.